The molecule has 16 heavy (non-hydrogen) atoms. The molecule has 1 saturated heterocycles. The normalized spacial score (nSPS) is 47.7. The van der Waals surface area contributed by atoms with E-state index in [1.807, 2.05) is 6.92 Å². The van der Waals surface area contributed by atoms with Crippen LogP contribution in [0.15, 0.2) is 0 Å². The van der Waals surface area contributed by atoms with Gasteiger partial charge in [-0.15, -0.1) is 0 Å². The van der Waals surface area contributed by atoms with E-state index in [2.05, 4.69) is 21.1 Å². The number of fused-ring (bicyclic) bond motifs is 2. The molecule has 91 valence electrons. The van der Waals surface area contributed by atoms with E-state index in [0.29, 0.717) is 17.9 Å². The van der Waals surface area contributed by atoms with Gasteiger partial charge in [0.1, 0.15) is 7.28 Å². The molecule has 4 unspecified atom stereocenters. The van der Waals surface area contributed by atoms with Crippen molar-refractivity contribution in [2.24, 2.45) is 17.3 Å². The Labute approximate surface area is 100 Å². The van der Waals surface area contributed by atoms with Crippen LogP contribution in [0.25, 0.3) is 0 Å². The third kappa shape index (κ3) is 2.04. The second-order valence-electron chi connectivity index (χ2n) is 6.42. The largest absolute Gasteiger partial charge is 0.366 e. The number of ether oxygens (including phenoxy) is 1. The third-order valence-corrected chi connectivity index (χ3v) is 5.16. The lowest BCUT2D eigenvalue weighted by Crippen LogP contribution is -2.36. The highest BCUT2D eigenvalue weighted by Gasteiger charge is 2.45. The van der Waals surface area contributed by atoms with Crippen LogP contribution in [0.2, 0.25) is 12.1 Å². The van der Waals surface area contributed by atoms with E-state index in [9.17, 15) is 5.11 Å². The van der Waals surface area contributed by atoms with E-state index in [0.717, 1.165) is 12.2 Å². The van der Waals surface area contributed by atoms with Crippen LogP contribution in [-0.2, 0) is 4.74 Å². The molecule has 0 aromatic carbocycles. The minimum Gasteiger partial charge on any atom is -0.366 e. The molecule has 0 amide bonds. The number of hydrogen-bond donors (Lipinski definition) is 1. The summed E-state index contributed by atoms with van der Waals surface area (Å²) < 4.78 is 5.75. The van der Waals surface area contributed by atoms with Crippen molar-refractivity contribution in [3.05, 3.63) is 0 Å². The van der Waals surface area contributed by atoms with Crippen LogP contribution in [0.1, 0.15) is 40.5 Å². The minimum absolute atomic E-state index is 0.114. The maximum absolute atomic E-state index is 10.2. The molecule has 2 nitrogen and oxygen atoms in total. The van der Waals surface area contributed by atoms with E-state index in [1.54, 1.807) is 6.92 Å². The lowest BCUT2D eigenvalue weighted by Gasteiger charge is -2.33. The molecule has 2 fully saturated rings. The SMILES string of the molecule is CC1[B]CC2CCC(COC1(C)O)C2(C)C. The molecule has 4 atom stereocenters. The van der Waals surface area contributed by atoms with Crippen LogP contribution in [0, 0.1) is 17.3 Å². The van der Waals surface area contributed by atoms with Gasteiger partial charge >= 0.3 is 0 Å². The lowest BCUT2D eigenvalue weighted by molar-refractivity contribution is -0.201. The second-order valence-corrected chi connectivity index (χ2v) is 6.42. The average Bonchev–Trinajstić information content (AvgIpc) is 2.47. The molecule has 1 N–H and O–H groups in total. The molecule has 2 bridgehead atoms. The molecular weight excluding hydrogens is 199 g/mol. The summed E-state index contributed by atoms with van der Waals surface area (Å²) >= 11 is 0. The van der Waals surface area contributed by atoms with Gasteiger partial charge in [0, 0.05) is 0 Å². The van der Waals surface area contributed by atoms with Gasteiger partial charge in [-0.3, -0.25) is 0 Å². The summed E-state index contributed by atoms with van der Waals surface area (Å²) in [5, 5.41) is 10.2. The molecule has 1 radical (unpaired) electrons. The van der Waals surface area contributed by atoms with E-state index in [1.165, 1.54) is 12.8 Å². The zero-order valence-electron chi connectivity index (χ0n) is 11.0. The van der Waals surface area contributed by atoms with Crippen molar-refractivity contribution in [1.82, 2.24) is 0 Å². The fourth-order valence-electron chi connectivity index (χ4n) is 3.19. The first-order valence-electron chi connectivity index (χ1n) is 6.53. The summed E-state index contributed by atoms with van der Waals surface area (Å²) in [5.41, 5.74) is 0.358. The highest BCUT2D eigenvalue weighted by atomic mass is 16.6. The molecule has 1 aliphatic carbocycles. The lowest BCUT2D eigenvalue weighted by atomic mass is 9.54. The Morgan fingerprint density at radius 1 is 1.19 bits per heavy atom. The molecule has 0 aromatic rings. The summed E-state index contributed by atoms with van der Waals surface area (Å²) in [5.74, 6) is 0.489. The maximum Gasteiger partial charge on any atom is 0.158 e. The van der Waals surface area contributed by atoms with Crippen LogP contribution >= 0.6 is 0 Å². The standard InChI is InChI=1S/C13H24BO2/c1-9-13(4,15)16-8-11-6-5-10(7-14-9)12(11,2)3/h9-11,15H,5-8H2,1-4H3. The number of hydrogen-bond acceptors (Lipinski definition) is 2. The van der Waals surface area contributed by atoms with Gasteiger partial charge in [-0.05, 0) is 36.4 Å². The van der Waals surface area contributed by atoms with Crippen molar-refractivity contribution >= 4 is 7.28 Å². The molecule has 2 aliphatic rings. The van der Waals surface area contributed by atoms with E-state index in [4.69, 9.17) is 4.74 Å². The van der Waals surface area contributed by atoms with Crippen LogP contribution in [0.4, 0.5) is 0 Å². The predicted octanol–water partition coefficient (Wildman–Crippen LogP) is 2.71. The Morgan fingerprint density at radius 2 is 1.81 bits per heavy atom. The highest BCUT2D eigenvalue weighted by molar-refractivity contribution is 6.38. The molecule has 0 spiro atoms. The topological polar surface area (TPSA) is 29.5 Å². The molecular formula is C13H24BO2. The Bertz CT molecular complexity index is 263. The van der Waals surface area contributed by atoms with Crippen molar-refractivity contribution in [1.29, 1.82) is 0 Å². The molecule has 3 heteroatoms. The predicted molar refractivity (Wildman–Crippen MR) is 66.6 cm³/mol. The van der Waals surface area contributed by atoms with Crippen LogP contribution in [0.3, 0.4) is 0 Å². The molecule has 1 aliphatic heterocycles. The second kappa shape index (κ2) is 4.02. The monoisotopic (exact) mass is 223 g/mol. The number of aliphatic hydroxyl groups is 1. The first-order chi connectivity index (χ1) is 7.34. The Kier molecular flexibility index (Phi) is 3.13. The van der Waals surface area contributed by atoms with Crippen LogP contribution < -0.4 is 0 Å². The third-order valence-electron chi connectivity index (χ3n) is 5.16. The molecule has 0 aromatic heterocycles. The van der Waals surface area contributed by atoms with Gasteiger partial charge in [0.05, 0.1) is 6.61 Å². The summed E-state index contributed by atoms with van der Waals surface area (Å²) in [6, 6.07) is 0. The van der Waals surface area contributed by atoms with Crippen LogP contribution in [-0.4, -0.2) is 24.8 Å². The quantitative estimate of drug-likeness (QED) is 0.640. The Hall–Kier alpha value is -0.0151. The fraction of sp³-hybridized carbons (Fsp3) is 1.00. The molecule has 2 rings (SSSR count). The van der Waals surface area contributed by atoms with E-state index < -0.39 is 5.79 Å². The Morgan fingerprint density at radius 3 is 2.50 bits per heavy atom. The van der Waals surface area contributed by atoms with Gasteiger partial charge < -0.3 is 9.84 Å². The summed E-state index contributed by atoms with van der Waals surface area (Å²) in [6.45, 7) is 9.26. The van der Waals surface area contributed by atoms with Crippen molar-refractivity contribution in [2.75, 3.05) is 6.61 Å². The van der Waals surface area contributed by atoms with Crippen molar-refractivity contribution < 1.29 is 9.84 Å². The summed E-state index contributed by atoms with van der Waals surface area (Å²) in [6.07, 6.45) is 3.67. The van der Waals surface area contributed by atoms with Gasteiger partial charge in [0.15, 0.2) is 5.79 Å². The fourth-order valence-corrected chi connectivity index (χ4v) is 3.19. The van der Waals surface area contributed by atoms with Gasteiger partial charge in [0.2, 0.25) is 0 Å². The molecule has 1 saturated carbocycles. The van der Waals surface area contributed by atoms with Gasteiger partial charge in [0.25, 0.3) is 0 Å². The minimum atomic E-state index is -0.986. The van der Waals surface area contributed by atoms with E-state index in [-0.39, 0.29) is 5.82 Å². The van der Waals surface area contributed by atoms with E-state index >= 15 is 0 Å². The van der Waals surface area contributed by atoms with Crippen molar-refractivity contribution in [3.8, 4) is 0 Å². The van der Waals surface area contributed by atoms with Crippen molar-refractivity contribution in [3.63, 3.8) is 0 Å². The van der Waals surface area contributed by atoms with Crippen molar-refractivity contribution in [2.45, 2.75) is 58.5 Å². The summed E-state index contributed by atoms with van der Waals surface area (Å²) in [7, 11) is 2.25. The zero-order valence-corrected chi connectivity index (χ0v) is 11.0. The first kappa shape index (κ1) is 12.4. The zero-order chi connectivity index (χ0) is 12.0. The first-order valence-corrected chi connectivity index (χ1v) is 6.53. The highest BCUT2D eigenvalue weighted by Crippen LogP contribution is 2.51. The smallest absolute Gasteiger partial charge is 0.158 e. The Balaban J connectivity index is 2.17. The van der Waals surface area contributed by atoms with Gasteiger partial charge in [-0.2, -0.15) is 0 Å². The number of rotatable bonds is 0. The van der Waals surface area contributed by atoms with Gasteiger partial charge in [-0.1, -0.05) is 33.5 Å². The van der Waals surface area contributed by atoms with Crippen LogP contribution in [0.5, 0.6) is 0 Å². The average molecular weight is 223 g/mol. The summed E-state index contributed by atoms with van der Waals surface area (Å²) in [4.78, 5) is 0. The molecule has 1 heterocycles. The maximum atomic E-state index is 10.2. The van der Waals surface area contributed by atoms with Gasteiger partial charge in [-0.25, -0.2) is 0 Å².